The van der Waals surface area contributed by atoms with Gasteiger partial charge >= 0.3 is 0 Å². The number of hydrogen-bond acceptors (Lipinski definition) is 4. The highest BCUT2D eigenvalue weighted by molar-refractivity contribution is 5.93. The molecular weight excluding hydrogens is 242 g/mol. The number of rotatable bonds is 1. The summed E-state index contributed by atoms with van der Waals surface area (Å²) in [5, 5.41) is 10.9. The Hall–Kier alpha value is -1.59. The van der Waals surface area contributed by atoms with Crippen molar-refractivity contribution < 1.29 is 10.0 Å². The monoisotopic (exact) mass is 261 g/mol. The second-order valence-electron chi connectivity index (χ2n) is 5.39. The molecule has 0 atom stereocenters. The molecule has 1 spiro atoms. The molecule has 2 saturated heterocycles. The van der Waals surface area contributed by atoms with Crippen LogP contribution in [0, 0.1) is 0 Å². The topological polar surface area (TPSA) is 47.0 Å². The quantitative estimate of drug-likeness (QED) is 0.823. The summed E-state index contributed by atoms with van der Waals surface area (Å²) < 4.78 is 0. The highest BCUT2D eigenvalue weighted by atomic mass is 16.5. The van der Waals surface area contributed by atoms with E-state index in [0.29, 0.717) is 32.6 Å². The average molecular weight is 261 g/mol. The third kappa shape index (κ3) is 1.89. The molecule has 2 heterocycles. The Balaban J connectivity index is 1.96. The summed E-state index contributed by atoms with van der Waals surface area (Å²) in [5.74, 6) is 0.171. The number of amides is 1. The van der Waals surface area contributed by atoms with Crippen LogP contribution < -0.4 is 4.90 Å². The van der Waals surface area contributed by atoms with E-state index in [1.165, 1.54) is 5.06 Å². The summed E-state index contributed by atoms with van der Waals surface area (Å²) >= 11 is 0. The van der Waals surface area contributed by atoms with E-state index < -0.39 is 5.54 Å². The standard InChI is InChI=1S/C14H19N3O2/c1-15-11-17(12-5-3-2-4-6-12)14(13(15)18)7-9-16(19)10-8-14/h2-6,19H,7-11H2,1H3. The van der Waals surface area contributed by atoms with Gasteiger partial charge in [0, 0.05) is 25.8 Å². The molecular formula is C14H19N3O2. The van der Waals surface area contributed by atoms with Crippen molar-refractivity contribution in [2.75, 3.05) is 31.7 Å². The zero-order valence-electron chi connectivity index (χ0n) is 11.1. The van der Waals surface area contributed by atoms with E-state index in [-0.39, 0.29) is 5.91 Å². The van der Waals surface area contributed by atoms with Crippen molar-refractivity contribution in [2.45, 2.75) is 18.4 Å². The van der Waals surface area contributed by atoms with E-state index in [9.17, 15) is 10.0 Å². The van der Waals surface area contributed by atoms with Crippen LogP contribution in [0.1, 0.15) is 12.8 Å². The molecule has 102 valence electrons. The third-order valence-electron chi connectivity index (χ3n) is 4.25. The van der Waals surface area contributed by atoms with Gasteiger partial charge in [-0.2, -0.15) is 5.06 Å². The van der Waals surface area contributed by atoms with Gasteiger partial charge in [-0.1, -0.05) is 18.2 Å². The fourth-order valence-electron chi connectivity index (χ4n) is 3.17. The van der Waals surface area contributed by atoms with E-state index in [1.54, 1.807) is 4.90 Å². The number of benzene rings is 1. The number of nitrogens with zero attached hydrogens (tertiary/aromatic N) is 3. The van der Waals surface area contributed by atoms with Gasteiger partial charge in [-0.25, -0.2) is 0 Å². The van der Waals surface area contributed by atoms with Gasteiger partial charge in [-0.05, 0) is 25.0 Å². The first kappa shape index (κ1) is 12.4. The molecule has 2 aliphatic heterocycles. The van der Waals surface area contributed by atoms with Crippen LogP contribution in [0.3, 0.4) is 0 Å². The smallest absolute Gasteiger partial charge is 0.249 e. The molecule has 5 heteroatoms. The van der Waals surface area contributed by atoms with Crippen LogP contribution in [0.25, 0.3) is 0 Å². The van der Waals surface area contributed by atoms with Crippen LogP contribution in [0.5, 0.6) is 0 Å². The van der Waals surface area contributed by atoms with E-state index in [1.807, 2.05) is 37.4 Å². The summed E-state index contributed by atoms with van der Waals surface area (Å²) in [6.45, 7) is 1.71. The number of piperidine rings is 1. The van der Waals surface area contributed by atoms with Crippen LogP contribution in [0.4, 0.5) is 5.69 Å². The SMILES string of the molecule is CN1CN(c2ccccc2)C2(CCN(O)CC2)C1=O. The van der Waals surface area contributed by atoms with E-state index >= 15 is 0 Å². The zero-order chi connectivity index (χ0) is 13.5. The lowest BCUT2D eigenvalue weighted by molar-refractivity contribution is -0.141. The van der Waals surface area contributed by atoms with E-state index in [4.69, 9.17) is 0 Å². The number of hydrogen-bond donors (Lipinski definition) is 1. The molecule has 0 unspecified atom stereocenters. The van der Waals surface area contributed by atoms with Gasteiger partial charge in [-0.3, -0.25) is 4.79 Å². The molecule has 0 saturated carbocycles. The molecule has 3 rings (SSSR count). The van der Waals surface area contributed by atoms with Gasteiger partial charge in [0.05, 0.1) is 6.67 Å². The van der Waals surface area contributed by atoms with Crippen molar-refractivity contribution in [1.82, 2.24) is 9.96 Å². The number of hydroxylamine groups is 2. The van der Waals surface area contributed by atoms with Crippen molar-refractivity contribution in [3.63, 3.8) is 0 Å². The first-order valence-corrected chi connectivity index (χ1v) is 6.65. The van der Waals surface area contributed by atoms with Crippen LogP contribution in [0.15, 0.2) is 30.3 Å². The highest BCUT2D eigenvalue weighted by Crippen LogP contribution is 2.38. The van der Waals surface area contributed by atoms with Crippen molar-refractivity contribution in [1.29, 1.82) is 0 Å². The average Bonchev–Trinajstić information content (AvgIpc) is 2.68. The Bertz CT molecular complexity index is 469. The first-order valence-electron chi connectivity index (χ1n) is 6.65. The normalized spacial score (nSPS) is 23.4. The Labute approximate surface area is 113 Å². The number of carbonyl (C=O) groups excluding carboxylic acids is 1. The Kier molecular flexibility index (Phi) is 2.95. The van der Waals surface area contributed by atoms with Gasteiger partial charge in [0.2, 0.25) is 5.91 Å². The minimum absolute atomic E-state index is 0.171. The predicted octanol–water partition coefficient (Wildman–Crippen LogP) is 1.15. The fourth-order valence-corrected chi connectivity index (χ4v) is 3.17. The minimum Gasteiger partial charge on any atom is -0.339 e. The van der Waals surface area contributed by atoms with Gasteiger partial charge in [0.15, 0.2) is 0 Å². The van der Waals surface area contributed by atoms with Crippen LogP contribution >= 0.6 is 0 Å². The van der Waals surface area contributed by atoms with E-state index in [0.717, 1.165) is 5.69 Å². The first-order chi connectivity index (χ1) is 9.13. The summed E-state index contributed by atoms with van der Waals surface area (Å²) in [6, 6.07) is 10.0. The molecule has 1 aromatic rings. The Morgan fingerprint density at radius 3 is 2.42 bits per heavy atom. The van der Waals surface area contributed by atoms with Crippen LogP contribution in [-0.2, 0) is 4.79 Å². The summed E-state index contributed by atoms with van der Waals surface area (Å²) in [4.78, 5) is 16.5. The van der Waals surface area contributed by atoms with Crippen molar-refractivity contribution >= 4 is 11.6 Å². The molecule has 2 aliphatic rings. The lowest BCUT2D eigenvalue weighted by Gasteiger charge is -2.41. The fraction of sp³-hybridized carbons (Fsp3) is 0.500. The molecule has 2 fully saturated rings. The van der Waals surface area contributed by atoms with Gasteiger partial charge in [0.1, 0.15) is 5.54 Å². The van der Waals surface area contributed by atoms with Crippen molar-refractivity contribution in [3.05, 3.63) is 30.3 Å². The van der Waals surface area contributed by atoms with Gasteiger partial charge in [0.25, 0.3) is 0 Å². The number of likely N-dealkylation sites (N-methyl/N-ethyl adjacent to an activating group) is 1. The van der Waals surface area contributed by atoms with Crippen molar-refractivity contribution in [2.24, 2.45) is 0 Å². The molecule has 0 aromatic heterocycles. The second-order valence-corrected chi connectivity index (χ2v) is 5.39. The lowest BCUT2D eigenvalue weighted by atomic mass is 9.86. The maximum Gasteiger partial charge on any atom is 0.249 e. The Morgan fingerprint density at radius 1 is 1.16 bits per heavy atom. The van der Waals surface area contributed by atoms with Gasteiger partial charge < -0.3 is 15.0 Å². The summed E-state index contributed by atoms with van der Waals surface area (Å²) in [6.07, 6.45) is 1.34. The second kappa shape index (κ2) is 4.51. The largest absolute Gasteiger partial charge is 0.339 e. The zero-order valence-corrected chi connectivity index (χ0v) is 11.1. The van der Waals surface area contributed by atoms with Gasteiger partial charge in [-0.15, -0.1) is 0 Å². The third-order valence-corrected chi connectivity index (χ3v) is 4.25. The number of carbonyl (C=O) groups is 1. The Morgan fingerprint density at radius 2 is 1.79 bits per heavy atom. The maximum atomic E-state index is 12.6. The molecule has 1 N–H and O–H groups in total. The van der Waals surface area contributed by atoms with Crippen molar-refractivity contribution in [3.8, 4) is 0 Å². The maximum absolute atomic E-state index is 12.6. The highest BCUT2D eigenvalue weighted by Gasteiger charge is 2.52. The molecule has 5 nitrogen and oxygen atoms in total. The number of para-hydroxylation sites is 1. The minimum atomic E-state index is -0.477. The molecule has 0 radical (unpaired) electrons. The molecule has 1 amide bonds. The van der Waals surface area contributed by atoms with E-state index in [2.05, 4.69) is 4.90 Å². The van der Waals surface area contributed by atoms with Crippen LogP contribution in [-0.4, -0.2) is 53.4 Å². The molecule has 19 heavy (non-hydrogen) atoms. The summed E-state index contributed by atoms with van der Waals surface area (Å²) in [7, 11) is 1.85. The molecule has 1 aromatic carbocycles. The van der Waals surface area contributed by atoms with Crippen LogP contribution in [0.2, 0.25) is 0 Å². The molecule has 0 aliphatic carbocycles. The lowest BCUT2D eigenvalue weighted by Crippen LogP contribution is -2.55. The predicted molar refractivity (Wildman–Crippen MR) is 71.9 cm³/mol. The number of anilines is 1. The molecule has 0 bridgehead atoms. The summed E-state index contributed by atoms with van der Waals surface area (Å²) in [5.41, 5.74) is 0.599.